The van der Waals surface area contributed by atoms with Crippen LogP contribution >= 0.6 is 7.82 Å². The quantitative estimate of drug-likeness (QED) is 0.0118. The van der Waals surface area contributed by atoms with Gasteiger partial charge in [0.25, 0.3) is 0 Å². The second-order valence-electron chi connectivity index (χ2n) is 44.4. The Morgan fingerprint density at radius 3 is 0.879 bits per heavy atom. The molecule has 800 valence electrons. The second kappa shape index (κ2) is 44.7. The molecule has 3 aliphatic heterocycles. The van der Waals surface area contributed by atoms with Gasteiger partial charge in [-0.3, -0.25) is 56.7 Å². The minimum absolute atomic E-state index is 0.256. The molecule has 3 fully saturated rings. The first-order valence-corrected chi connectivity index (χ1v) is 51.9. The van der Waals surface area contributed by atoms with Gasteiger partial charge in [0.2, 0.25) is 17.7 Å². The van der Waals surface area contributed by atoms with Crippen molar-refractivity contribution in [3.8, 4) is 34.5 Å². The van der Waals surface area contributed by atoms with E-state index in [2.05, 4.69) is 216 Å². The van der Waals surface area contributed by atoms with Crippen molar-refractivity contribution in [3.63, 3.8) is 0 Å². The number of rotatable bonds is 42. The fraction of sp³-hybridized carbons (Fsp3) is 0.500. The van der Waals surface area contributed by atoms with Crippen LogP contribution in [0.5, 0.6) is 34.5 Å². The van der Waals surface area contributed by atoms with Crippen molar-refractivity contribution < 1.29 is 87.3 Å². The number of anilines is 9. The maximum Gasteiger partial charge on any atom is 0.476 e. The van der Waals surface area contributed by atoms with E-state index in [1.165, 1.54) is 88.0 Å². The minimum Gasteiger partial charge on any atom is -0.493 e. The molecule has 6 aromatic carbocycles. The number of phosphoric acid groups is 1. The van der Waals surface area contributed by atoms with Crippen LogP contribution in [0.3, 0.4) is 0 Å². The van der Waals surface area contributed by atoms with Crippen molar-refractivity contribution in [3.05, 3.63) is 182 Å². The Labute approximate surface area is 864 Å². The molecule has 0 spiro atoms. The number of likely N-dealkylation sites (tertiary alicyclic amines) is 3. The van der Waals surface area contributed by atoms with Crippen molar-refractivity contribution in [2.75, 3.05) is 112 Å². The molecule has 3 aliphatic rings. The zero-order valence-electron chi connectivity index (χ0n) is 88.7. The van der Waals surface area contributed by atoms with Gasteiger partial charge >= 0.3 is 7.82 Å². The number of ether oxygens (including phenoxy) is 6. The Morgan fingerprint density at radius 1 is 0.369 bits per heavy atom. The number of fused-ring (bicyclic) bond motifs is 3. The zero-order valence-corrected chi connectivity index (χ0v) is 89.6. The maximum absolute atomic E-state index is 19.3. The summed E-state index contributed by atoms with van der Waals surface area (Å²) in [5, 5.41) is 31.8. The summed E-state index contributed by atoms with van der Waals surface area (Å²) < 4.78 is 173. The van der Waals surface area contributed by atoms with Crippen LogP contribution < -0.4 is 60.3 Å². The number of nitrogens with zero attached hydrogens (tertiary/aromatic N) is 15. The summed E-state index contributed by atoms with van der Waals surface area (Å²) in [5.74, 6) is -4.80. The predicted molar refractivity (Wildman–Crippen MR) is 560 cm³/mol. The van der Waals surface area contributed by atoms with E-state index in [0.29, 0.717) is 180 Å². The van der Waals surface area contributed by atoms with Crippen LogP contribution in [0.15, 0.2) is 147 Å². The Bertz CT molecular complexity index is 6170. The smallest absolute Gasteiger partial charge is 0.476 e. The Kier molecular flexibility index (Phi) is 33.1. The molecule has 3 amide bonds. The third-order valence-corrected chi connectivity index (χ3v) is 30.1. The lowest BCUT2D eigenvalue weighted by Gasteiger charge is -2.63. The molecular weight excluding hydrogens is 1940 g/mol. The largest absolute Gasteiger partial charge is 0.493 e. The van der Waals surface area contributed by atoms with E-state index in [1.54, 1.807) is 76.3 Å². The van der Waals surface area contributed by atoms with Crippen LogP contribution in [0.4, 0.5) is 77.9 Å². The molecule has 6 aromatic heterocycles. The van der Waals surface area contributed by atoms with Gasteiger partial charge in [-0.05, 0) is 165 Å². The van der Waals surface area contributed by atoms with Gasteiger partial charge in [-0.15, -0.1) is 0 Å². The summed E-state index contributed by atoms with van der Waals surface area (Å²) >= 11 is 0. The highest BCUT2D eigenvalue weighted by Gasteiger charge is 2.71. The van der Waals surface area contributed by atoms with E-state index in [-0.39, 0.29) is 74.6 Å². The first-order valence-electron chi connectivity index (χ1n) is 50.4. The van der Waals surface area contributed by atoms with Gasteiger partial charge in [0, 0.05) is 90.7 Å². The molecular formula is C108H138F6N21O13P. The van der Waals surface area contributed by atoms with Crippen LogP contribution in [0, 0.1) is 67.4 Å². The van der Waals surface area contributed by atoms with Crippen LogP contribution in [0.2, 0.25) is 0 Å². The van der Waals surface area contributed by atoms with Crippen LogP contribution in [0.25, 0.3) is 32.7 Å². The Balaban J connectivity index is 0.708. The van der Waals surface area contributed by atoms with E-state index in [0.717, 1.165) is 37.5 Å². The molecule has 0 radical (unpaired) electrons. The standard InChI is InChI=1S/C108H138F6N21O13P/c1-100(2,3)106(101(4,5)6,88-37-25-40-130(88)43-28-46-143-85-52-79-70(49-82(85)140-19)97(118-64-115-79)124-67-55-121-133(58-67)61-91(136)127-76-34-22-31-73(109)94(76)112)146-149(139,147-107(102(7,8)9,103(10,11)12)89-38-26-41-131(89)44-29-47-144-86-53-80-71(50-83(86)141-20)98(119-65-116-80)125-68-56-122-134(59-68)62-92(137)128-77-35-23-32-74(110)95(77)113)148-108(104(13,14)15,105(16,17)18)90-39-27-42-132(90)45-30-48-145-87-54-81-72(51-84(87)142-21)99(120-66-117-81)126-69-57-123-135(60-69)63-93(138)129-78-36-24-33-75(111)96(78)114/h22-24,31-36,49-60,64-66,88-90H,25-30,37-48,61-63H2,1-21H3,(H,127,136)(H,128,137)(H,129,138)(H,115,118,124)(H,116,119,125)(H,117,120,126)/t88-,89-,90-/m1/s1. The average Bonchev–Trinajstić information content (AvgIpc) is 1.69. The molecule has 3 saturated heterocycles. The topological polar surface area (TPSA) is 364 Å². The molecule has 15 rings (SSSR count). The van der Waals surface area contributed by atoms with E-state index in [4.69, 9.17) is 42.0 Å². The molecule has 34 nitrogen and oxygen atoms in total. The van der Waals surface area contributed by atoms with Crippen molar-refractivity contribution >= 4 is 110 Å². The summed E-state index contributed by atoms with van der Waals surface area (Å²) in [6.45, 7) is 43.0. The van der Waals surface area contributed by atoms with E-state index in [1.807, 2.05) is 0 Å². The summed E-state index contributed by atoms with van der Waals surface area (Å²) in [7, 11) is -0.507. The number of carbonyl (C=O) groups is 3. The van der Waals surface area contributed by atoms with Gasteiger partial charge in [0.1, 0.15) is 72.9 Å². The number of amides is 3. The Hall–Kier alpha value is -12.9. The normalized spacial score (nSPS) is 16.1. The molecule has 9 heterocycles. The van der Waals surface area contributed by atoms with Crippen LogP contribution in [0.1, 0.15) is 182 Å². The molecule has 0 aliphatic carbocycles. The monoisotopic (exact) mass is 2080 g/mol. The summed E-state index contributed by atoms with van der Waals surface area (Å²) in [6, 6.07) is 20.2. The molecule has 0 unspecified atom stereocenters. The fourth-order valence-electron chi connectivity index (χ4n) is 23.0. The lowest BCUT2D eigenvalue weighted by Crippen LogP contribution is -2.69. The van der Waals surface area contributed by atoms with Gasteiger partial charge < -0.3 is 60.3 Å². The predicted octanol–water partition coefficient (Wildman–Crippen LogP) is 21.9. The number of carbonyl (C=O) groups excluding carboxylic acids is 3. The first-order chi connectivity index (χ1) is 70.5. The van der Waals surface area contributed by atoms with Gasteiger partial charge in [-0.1, -0.05) is 143 Å². The average molecular weight is 2080 g/mol. The van der Waals surface area contributed by atoms with E-state index in [9.17, 15) is 40.7 Å². The number of nitrogens with one attached hydrogen (secondary N) is 6. The van der Waals surface area contributed by atoms with Crippen LogP contribution in [-0.4, -0.2) is 207 Å². The summed E-state index contributed by atoms with van der Waals surface area (Å²) in [6.07, 6.45) is 19.6. The highest BCUT2D eigenvalue weighted by Crippen LogP contribution is 2.73. The SMILES string of the molecule is COc1cc2c(Nc3cnn(CC(=O)Nc4cccc(F)c4F)c3)ncnc2cc1OCCCN1CCC[C@@H]1C(OP(=O)(OC([C@H]1CCCN1CCCOc1cc2ncnc(Nc3cnn(CC(=O)Nc4cccc(F)c4F)c3)c2cc1OC)(C(C)(C)C)C(C)(C)C)OC([C@H]1CCCN1CCCOc1cc2ncnc(Nc3cnn(CC(=O)Nc4cccc(F)c4F)c3)c2cc1OC)(C(C)(C)C)C(C)(C)C)(C(C)(C)C)C(C)(C)C. The van der Waals surface area contributed by atoms with Crippen molar-refractivity contribution in [2.45, 2.75) is 237 Å². The number of methoxy groups -OCH3 is 3. The number of benzene rings is 6. The molecule has 0 saturated carbocycles. The summed E-state index contributed by atoms with van der Waals surface area (Å²) in [5.41, 5.74) is -6.70. The Morgan fingerprint density at radius 2 is 0.631 bits per heavy atom. The molecule has 6 N–H and O–H groups in total. The summed E-state index contributed by atoms with van der Waals surface area (Å²) in [4.78, 5) is 74.0. The van der Waals surface area contributed by atoms with Gasteiger partial charge in [0.05, 0.1) is 110 Å². The lowest BCUT2D eigenvalue weighted by atomic mass is 9.58. The van der Waals surface area contributed by atoms with Gasteiger partial charge in [-0.2, -0.15) is 15.3 Å². The number of aromatic nitrogens is 12. The van der Waals surface area contributed by atoms with E-state index < -0.39 is 110 Å². The minimum atomic E-state index is -5.18. The highest BCUT2D eigenvalue weighted by atomic mass is 31.2. The third-order valence-electron chi connectivity index (χ3n) is 28.5. The lowest BCUT2D eigenvalue weighted by molar-refractivity contribution is -0.234. The second-order valence-corrected chi connectivity index (χ2v) is 45.9. The third kappa shape index (κ3) is 23.8. The molecule has 149 heavy (non-hydrogen) atoms. The maximum atomic E-state index is 19.3. The van der Waals surface area contributed by atoms with Gasteiger partial charge in [0.15, 0.2) is 69.4 Å². The zero-order chi connectivity index (χ0) is 107. The number of hydrogen-bond acceptors (Lipinski definition) is 28. The fourth-order valence-corrected chi connectivity index (χ4v) is 26.2. The van der Waals surface area contributed by atoms with Crippen molar-refractivity contribution in [1.29, 1.82) is 0 Å². The molecule has 3 atom stereocenters. The van der Waals surface area contributed by atoms with Crippen molar-refractivity contribution in [1.82, 2.24) is 73.9 Å². The van der Waals surface area contributed by atoms with Gasteiger partial charge in [-0.25, -0.2) is 60.8 Å². The number of halogens is 6. The number of phosphoric ester groups is 1. The molecule has 0 bridgehead atoms. The van der Waals surface area contributed by atoms with E-state index >= 15 is 4.57 Å². The first kappa shape index (κ1) is 110. The van der Waals surface area contributed by atoms with Crippen LogP contribution in [-0.2, 0) is 52.2 Å². The number of hydrogen-bond donors (Lipinski definition) is 6. The van der Waals surface area contributed by atoms with Crippen molar-refractivity contribution in [2.24, 2.45) is 32.5 Å². The highest BCUT2D eigenvalue weighted by molar-refractivity contribution is 7.48. The molecule has 41 heteroatoms. The molecule has 12 aromatic rings.